The molecule has 0 bridgehead atoms. The quantitative estimate of drug-likeness (QED) is 0.782. The van der Waals surface area contributed by atoms with Crippen molar-refractivity contribution in [1.29, 1.82) is 0 Å². The molecule has 1 aromatic heterocycles. The number of amides is 3. The van der Waals surface area contributed by atoms with Gasteiger partial charge in [-0.2, -0.15) is 0 Å². The molecule has 2 N–H and O–H groups in total. The van der Waals surface area contributed by atoms with E-state index in [0.717, 1.165) is 11.4 Å². The Morgan fingerprint density at radius 3 is 2.62 bits per heavy atom. The Balaban J connectivity index is 1.95. The normalized spacial score (nSPS) is 10.5. The fourth-order valence-electron chi connectivity index (χ4n) is 1.93. The average molecular weight is 348 g/mol. The van der Waals surface area contributed by atoms with Crippen LogP contribution in [0.2, 0.25) is 0 Å². The van der Waals surface area contributed by atoms with Gasteiger partial charge in [-0.15, -0.1) is 0 Å². The van der Waals surface area contributed by atoms with Gasteiger partial charge in [0.1, 0.15) is 5.75 Å². The van der Waals surface area contributed by atoms with Crippen LogP contribution in [0.5, 0.6) is 5.75 Å². The topological polar surface area (TPSA) is 85.2 Å². The highest BCUT2D eigenvalue weighted by Crippen LogP contribution is 2.22. The van der Waals surface area contributed by atoms with Crippen molar-refractivity contribution in [2.24, 2.45) is 0 Å². The highest BCUT2D eigenvalue weighted by Gasteiger charge is 2.12. The number of imide groups is 1. The van der Waals surface area contributed by atoms with Crippen molar-refractivity contribution in [2.75, 3.05) is 12.9 Å². The van der Waals surface area contributed by atoms with Crippen LogP contribution in [-0.2, 0) is 4.79 Å². The Morgan fingerprint density at radius 1 is 1.29 bits per heavy atom. The molecule has 128 valence electrons. The van der Waals surface area contributed by atoms with E-state index in [1.54, 1.807) is 13.3 Å². The molecule has 0 aliphatic carbocycles. The molecule has 1 aromatic carbocycles. The van der Waals surface area contributed by atoms with Crippen LogP contribution in [0.25, 0.3) is 5.69 Å². The molecule has 0 atom stereocenters. The van der Waals surface area contributed by atoms with Crippen molar-refractivity contribution in [3.63, 3.8) is 0 Å². The van der Waals surface area contributed by atoms with Gasteiger partial charge in [0.05, 0.1) is 12.9 Å². The lowest BCUT2D eigenvalue weighted by Crippen LogP contribution is -2.43. The number of hydrogen-bond acceptors (Lipinski definition) is 5. The van der Waals surface area contributed by atoms with Gasteiger partial charge in [0, 0.05) is 24.1 Å². The van der Waals surface area contributed by atoms with Crippen molar-refractivity contribution in [3.8, 4) is 11.4 Å². The maximum atomic E-state index is 11.8. The molecule has 8 heteroatoms. The van der Waals surface area contributed by atoms with Gasteiger partial charge in [-0.3, -0.25) is 14.7 Å². The zero-order valence-corrected chi connectivity index (χ0v) is 14.6. The van der Waals surface area contributed by atoms with Crippen LogP contribution in [0.15, 0.2) is 41.8 Å². The zero-order chi connectivity index (χ0) is 17.5. The summed E-state index contributed by atoms with van der Waals surface area (Å²) in [6.45, 7) is 3.65. The lowest BCUT2D eigenvalue weighted by atomic mass is 10.3. The van der Waals surface area contributed by atoms with Crippen LogP contribution in [-0.4, -0.2) is 40.4 Å². The van der Waals surface area contributed by atoms with E-state index in [0.29, 0.717) is 5.16 Å². The number of methoxy groups -OCH3 is 1. The van der Waals surface area contributed by atoms with Crippen molar-refractivity contribution in [2.45, 2.75) is 25.0 Å². The second-order valence-electron chi connectivity index (χ2n) is 5.24. The highest BCUT2D eigenvalue weighted by atomic mass is 32.2. The molecular weight excluding hydrogens is 328 g/mol. The molecule has 0 saturated carbocycles. The summed E-state index contributed by atoms with van der Waals surface area (Å²) in [4.78, 5) is 27.6. The number of thioether (sulfide) groups is 1. The fraction of sp³-hybridized carbons (Fsp3) is 0.312. The smallest absolute Gasteiger partial charge is 0.321 e. The summed E-state index contributed by atoms with van der Waals surface area (Å²) in [5.41, 5.74) is 0.911. The molecule has 0 unspecified atom stereocenters. The van der Waals surface area contributed by atoms with Crippen molar-refractivity contribution < 1.29 is 14.3 Å². The standard InChI is InChI=1S/C16H20N4O3S/c1-11(2)18-15(22)19-14(21)10-24-16-17-8-9-20(16)12-4-6-13(23-3)7-5-12/h4-9,11H,10H2,1-3H3,(H2,18,19,21,22). The minimum absolute atomic E-state index is 0.0283. The number of ether oxygens (including phenoxy) is 1. The molecule has 24 heavy (non-hydrogen) atoms. The molecule has 7 nitrogen and oxygen atoms in total. The third-order valence-corrected chi connectivity index (χ3v) is 3.93. The van der Waals surface area contributed by atoms with E-state index in [1.807, 2.05) is 48.9 Å². The minimum Gasteiger partial charge on any atom is -0.497 e. The monoisotopic (exact) mass is 348 g/mol. The Kier molecular flexibility index (Phi) is 6.25. The first-order chi connectivity index (χ1) is 11.5. The molecular formula is C16H20N4O3S. The number of aromatic nitrogens is 2. The number of rotatable bonds is 6. The van der Waals surface area contributed by atoms with Crippen LogP contribution in [0.3, 0.4) is 0 Å². The van der Waals surface area contributed by atoms with Gasteiger partial charge in [-0.1, -0.05) is 11.8 Å². The van der Waals surface area contributed by atoms with Crippen molar-refractivity contribution >= 4 is 23.7 Å². The average Bonchev–Trinajstić information content (AvgIpc) is 3.00. The Labute approximate surface area is 144 Å². The first-order valence-corrected chi connectivity index (χ1v) is 8.39. The molecule has 0 spiro atoms. The molecule has 1 heterocycles. The van der Waals surface area contributed by atoms with Gasteiger partial charge in [0.25, 0.3) is 0 Å². The van der Waals surface area contributed by atoms with Crippen LogP contribution in [0.1, 0.15) is 13.8 Å². The second kappa shape index (κ2) is 8.39. The number of hydrogen-bond donors (Lipinski definition) is 2. The summed E-state index contributed by atoms with van der Waals surface area (Å²) in [7, 11) is 1.61. The van der Waals surface area contributed by atoms with Gasteiger partial charge < -0.3 is 10.1 Å². The second-order valence-corrected chi connectivity index (χ2v) is 6.19. The molecule has 2 aromatic rings. The van der Waals surface area contributed by atoms with Crippen LogP contribution < -0.4 is 15.4 Å². The lowest BCUT2D eigenvalue weighted by molar-refractivity contribution is -0.117. The van der Waals surface area contributed by atoms with E-state index in [1.165, 1.54) is 11.8 Å². The number of imidazole rings is 1. The largest absolute Gasteiger partial charge is 0.497 e. The molecule has 0 fully saturated rings. The molecule has 0 radical (unpaired) electrons. The summed E-state index contributed by atoms with van der Waals surface area (Å²) >= 11 is 1.26. The van der Waals surface area contributed by atoms with Gasteiger partial charge in [-0.05, 0) is 38.1 Å². The summed E-state index contributed by atoms with van der Waals surface area (Å²) in [6, 6.07) is 6.99. The molecule has 3 amide bonds. The number of nitrogens with one attached hydrogen (secondary N) is 2. The fourth-order valence-corrected chi connectivity index (χ4v) is 2.70. The number of nitrogens with zero attached hydrogens (tertiary/aromatic N) is 2. The van der Waals surface area contributed by atoms with Crippen molar-refractivity contribution in [1.82, 2.24) is 20.2 Å². The number of carbonyl (C=O) groups is 2. The Bertz CT molecular complexity index is 698. The van der Waals surface area contributed by atoms with Gasteiger partial charge in [0.15, 0.2) is 5.16 Å². The van der Waals surface area contributed by atoms with E-state index in [9.17, 15) is 9.59 Å². The van der Waals surface area contributed by atoms with E-state index in [2.05, 4.69) is 15.6 Å². The van der Waals surface area contributed by atoms with Gasteiger partial charge in [-0.25, -0.2) is 9.78 Å². The highest BCUT2D eigenvalue weighted by molar-refractivity contribution is 7.99. The number of urea groups is 1. The summed E-state index contributed by atoms with van der Waals surface area (Å²) in [5, 5.41) is 5.55. The van der Waals surface area contributed by atoms with E-state index in [4.69, 9.17) is 4.74 Å². The predicted octanol–water partition coefficient (Wildman–Crippen LogP) is 2.21. The van der Waals surface area contributed by atoms with Gasteiger partial charge >= 0.3 is 6.03 Å². The third kappa shape index (κ3) is 5.02. The predicted molar refractivity (Wildman–Crippen MR) is 92.7 cm³/mol. The molecule has 2 rings (SSSR count). The van der Waals surface area contributed by atoms with Gasteiger partial charge in [0.2, 0.25) is 5.91 Å². The van der Waals surface area contributed by atoms with Crippen molar-refractivity contribution in [3.05, 3.63) is 36.7 Å². The number of benzene rings is 1. The Morgan fingerprint density at radius 2 is 2.00 bits per heavy atom. The molecule has 0 aliphatic rings. The van der Waals surface area contributed by atoms with Crippen LogP contribution >= 0.6 is 11.8 Å². The minimum atomic E-state index is -0.492. The summed E-state index contributed by atoms with van der Waals surface area (Å²) in [6.07, 6.45) is 3.48. The van der Waals surface area contributed by atoms with Crippen LogP contribution in [0.4, 0.5) is 4.79 Å². The Hall–Kier alpha value is -2.48. The zero-order valence-electron chi connectivity index (χ0n) is 13.8. The van der Waals surface area contributed by atoms with E-state index in [-0.39, 0.29) is 17.7 Å². The molecule has 0 saturated heterocycles. The number of carbonyl (C=O) groups excluding carboxylic acids is 2. The van der Waals surface area contributed by atoms with E-state index >= 15 is 0 Å². The maximum absolute atomic E-state index is 11.8. The van der Waals surface area contributed by atoms with Crippen LogP contribution in [0, 0.1) is 0 Å². The lowest BCUT2D eigenvalue weighted by Gasteiger charge is -2.10. The summed E-state index contributed by atoms with van der Waals surface area (Å²) < 4.78 is 7.01. The first-order valence-electron chi connectivity index (χ1n) is 7.40. The summed E-state index contributed by atoms with van der Waals surface area (Å²) in [5.74, 6) is 0.490. The maximum Gasteiger partial charge on any atom is 0.321 e. The SMILES string of the molecule is COc1ccc(-n2ccnc2SCC(=O)NC(=O)NC(C)C)cc1. The third-order valence-electron chi connectivity index (χ3n) is 2.96. The van der Waals surface area contributed by atoms with E-state index < -0.39 is 6.03 Å². The first kappa shape index (κ1) is 17.9. The molecule has 0 aliphatic heterocycles.